The third-order valence-electron chi connectivity index (χ3n) is 5.39. The van der Waals surface area contributed by atoms with E-state index < -0.39 is 24.2 Å². The minimum Gasteiger partial charge on any atom is -0.455 e. The van der Waals surface area contributed by atoms with Gasteiger partial charge < -0.3 is 19.6 Å². The van der Waals surface area contributed by atoms with Gasteiger partial charge in [0.05, 0.1) is 18.1 Å². The summed E-state index contributed by atoms with van der Waals surface area (Å²) in [6.07, 6.45) is -4.44. The number of hydrogen-bond donors (Lipinski definition) is 1. The topological polar surface area (TPSA) is 75.3 Å². The second-order valence-electron chi connectivity index (χ2n) is 8.04. The molecule has 4 rings (SSSR count). The van der Waals surface area contributed by atoms with Crippen LogP contribution in [0.25, 0.3) is 22.3 Å². The van der Waals surface area contributed by atoms with Crippen LogP contribution in [-0.2, 0) is 0 Å². The maximum Gasteiger partial charge on any atom is 0.573 e. The van der Waals surface area contributed by atoms with Gasteiger partial charge in [0.25, 0.3) is 0 Å². The zero-order valence-electron chi connectivity index (χ0n) is 19.7. The minimum absolute atomic E-state index is 0.172. The Morgan fingerprint density at radius 3 is 1.68 bits per heavy atom. The molecule has 1 unspecified atom stereocenters. The van der Waals surface area contributed by atoms with Gasteiger partial charge in [-0.3, -0.25) is 0 Å². The van der Waals surface area contributed by atoms with E-state index in [0.717, 1.165) is 29.5 Å². The molecule has 0 bridgehead atoms. The van der Waals surface area contributed by atoms with Crippen LogP contribution >= 0.6 is 0 Å². The van der Waals surface area contributed by atoms with Gasteiger partial charge in [0.1, 0.15) is 11.5 Å². The molecule has 38 heavy (non-hydrogen) atoms. The highest BCUT2D eigenvalue weighted by atomic mass is 19.4. The number of alkyl halides is 3. The van der Waals surface area contributed by atoms with Crippen molar-refractivity contribution in [1.82, 2.24) is 0 Å². The standard InChI is InChI=1S/C29H20F4N2O3/c30-26-17-23(9-14-27(26)38-29(31,32)33)22-7-12-25(13-8-22)37-28(15-16-34)36-24-10-5-21(6-11-24)20-3-1-19(18-35)2-4-20/h1-14,16-17,28,34H,15H2. The highest BCUT2D eigenvalue weighted by Crippen LogP contribution is 2.31. The Morgan fingerprint density at radius 1 is 0.763 bits per heavy atom. The lowest BCUT2D eigenvalue weighted by molar-refractivity contribution is -0.275. The Bertz CT molecular complexity index is 1430. The molecule has 0 saturated heterocycles. The second-order valence-corrected chi connectivity index (χ2v) is 8.04. The van der Waals surface area contributed by atoms with E-state index >= 15 is 0 Å². The second kappa shape index (κ2) is 11.5. The number of hydrogen-bond acceptors (Lipinski definition) is 5. The third-order valence-corrected chi connectivity index (χ3v) is 5.39. The summed E-state index contributed by atoms with van der Waals surface area (Å²) in [6, 6.07) is 26.3. The van der Waals surface area contributed by atoms with E-state index in [1.165, 1.54) is 6.07 Å². The summed E-state index contributed by atoms with van der Waals surface area (Å²) in [6.45, 7) is 0. The van der Waals surface area contributed by atoms with Crippen LogP contribution in [-0.4, -0.2) is 18.9 Å². The molecule has 0 aliphatic carbocycles. The highest BCUT2D eigenvalue weighted by Gasteiger charge is 2.32. The summed E-state index contributed by atoms with van der Waals surface area (Å²) in [7, 11) is 0. The van der Waals surface area contributed by atoms with Crippen LogP contribution in [0.15, 0.2) is 91.0 Å². The number of nitriles is 1. The molecule has 0 aliphatic rings. The van der Waals surface area contributed by atoms with Crippen molar-refractivity contribution in [1.29, 1.82) is 10.7 Å². The smallest absolute Gasteiger partial charge is 0.455 e. The fraction of sp³-hybridized carbons (Fsp3) is 0.103. The van der Waals surface area contributed by atoms with Crippen LogP contribution in [0.5, 0.6) is 17.2 Å². The van der Waals surface area contributed by atoms with Gasteiger partial charge in [-0.2, -0.15) is 5.26 Å². The Balaban J connectivity index is 1.42. The lowest BCUT2D eigenvalue weighted by Gasteiger charge is -2.19. The summed E-state index contributed by atoms with van der Waals surface area (Å²) in [4.78, 5) is 0. The first kappa shape index (κ1) is 26.2. The zero-order chi connectivity index (χ0) is 27.1. The van der Waals surface area contributed by atoms with E-state index in [9.17, 15) is 17.6 Å². The summed E-state index contributed by atoms with van der Waals surface area (Å²) in [5.41, 5.74) is 3.38. The zero-order valence-corrected chi connectivity index (χ0v) is 19.7. The summed E-state index contributed by atoms with van der Waals surface area (Å²) < 4.78 is 66.6. The normalized spacial score (nSPS) is 11.8. The molecule has 0 aliphatic heterocycles. The van der Waals surface area contributed by atoms with Crippen molar-refractivity contribution in [3.63, 3.8) is 0 Å². The summed E-state index contributed by atoms with van der Waals surface area (Å²) >= 11 is 0. The average molecular weight is 520 g/mol. The van der Waals surface area contributed by atoms with Gasteiger partial charge in [-0.25, -0.2) is 4.39 Å². The molecular weight excluding hydrogens is 500 g/mol. The van der Waals surface area contributed by atoms with Gasteiger partial charge in [0, 0.05) is 6.21 Å². The van der Waals surface area contributed by atoms with Gasteiger partial charge in [0.15, 0.2) is 11.6 Å². The fourth-order valence-electron chi connectivity index (χ4n) is 3.60. The van der Waals surface area contributed by atoms with Crippen molar-refractivity contribution in [2.75, 3.05) is 0 Å². The molecule has 0 fully saturated rings. The van der Waals surface area contributed by atoms with E-state index in [-0.39, 0.29) is 6.42 Å². The first-order valence-corrected chi connectivity index (χ1v) is 11.3. The van der Waals surface area contributed by atoms with Gasteiger partial charge in [-0.05, 0) is 70.8 Å². The van der Waals surface area contributed by atoms with Crippen molar-refractivity contribution in [3.05, 3.63) is 102 Å². The molecule has 0 radical (unpaired) electrons. The summed E-state index contributed by atoms with van der Waals surface area (Å²) in [5, 5.41) is 16.4. The molecule has 0 aromatic heterocycles. The molecule has 5 nitrogen and oxygen atoms in total. The maximum atomic E-state index is 14.1. The van der Waals surface area contributed by atoms with Crippen LogP contribution in [0.3, 0.4) is 0 Å². The van der Waals surface area contributed by atoms with Crippen LogP contribution in [0, 0.1) is 22.6 Å². The molecule has 0 heterocycles. The van der Waals surface area contributed by atoms with Gasteiger partial charge in [-0.15, -0.1) is 13.2 Å². The molecule has 1 atom stereocenters. The van der Waals surface area contributed by atoms with Crippen molar-refractivity contribution in [2.24, 2.45) is 0 Å². The molecule has 9 heteroatoms. The Kier molecular flexibility index (Phi) is 7.92. The number of nitrogens with one attached hydrogen (secondary N) is 1. The van der Waals surface area contributed by atoms with Crippen molar-refractivity contribution < 1.29 is 31.8 Å². The SMILES string of the molecule is N#Cc1ccc(-c2ccc(OC(CC=N)Oc3ccc(-c4ccc(OC(F)(F)F)c(F)c4)cc3)cc2)cc1. The first-order chi connectivity index (χ1) is 18.2. The number of ether oxygens (including phenoxy) is 3. The van der Waals surface area contributed by atoms with Crippen LogP contribution in [0.4, 0.5) is 17.6 Å². The molecule has 4 aromatic carbocycles. The third kappa shape index (κ3) is 6.89. The van der Waals surface area contributed by atoms with Crippen LogP contribution < -0.4 is 14.2 Å². The Labute approximate surface area is 216 Å². The van der Waals surface area contributed by atoms with Gasteiger partial charge in [0.2, 0.25) is 6.29 Å². The van der Waals surface area contributed by atoms with Gasteiger partial charge in [-0.1, -0.05) is 42.5 Å². The first-order valence-electron chi connectivity index (χ1n) is 11.3. The van der Waals surface area contributed by atoms with Crippen LogP contribution in [0.1, 0.15) is 12.0 Å². The Hall–Kier alpha value is -4.84. The van der Waals surface area contributed by atoms with E-state index in [1.807, 2.05) is 24.3 Å². The molecule has 192 valence electrons. The number of rotatable bonds is 9. The number of nitrogens with zero attached hydrogens (tertiary/aromatic N) is 1. The van der Waals surface area contributed by atoms with E-state index in [0.29, 0.717) is 28.2 Å². The molecule has 0 saturated carbocycles. The Morgan fingerprint density at radius 2 is 1.24 bits per heavy atom. The van der Waals surface area contributed by atoms with E-state index in [4.69, 9.17) is 20.1 Å². The van der Waals surface area contributed by atoms with Crippen molar-refractivity contribution in [2.45, 2.75) is 19.1 Å². The quantitative estimate of drug-likeness (QED) is 0.139. The molecule has 1 N–H and O–H groups in total. The minimum atomic E-state index is -4.98. The van der Waals surface area contributed by atoms with E-state index in [2.05, 4.69) is 10.8 Å². The number of halogens is 4. The van der Waals surface area contributed by atoms with Crippen molar-refractivity contribution >= 4 is 6.21 Å². The number of benzene rings is 4. The highest BCUT2D eigenvalue weighted by molar-refractivity contribution is 5.66. The lowest BCUT2D eigenvalue weighted by Crippen LogP contribution is -2.24. The predicted molar refractivity (Wildman–Crippen MR) is 134 cm³/mol. The van der Waals surface area contributed by atoms with Gasteiger partial charge >= 0.3 is 6.36 Å². The molecule has 4 aromatic rings. The monoisotopic (exact) mass is 520 g/mol. The fourth-order valence-corrected chi connectivity index (χ4v) is 3.60. The van der Waals surface area contributed by atoms with Crippen molar-refractivity contribution in [3.8, 4) is 45.6 Å². The van der Waals surface area contributed by atoms with Crippen LogP contribution in [0.2, 0.25) is 0 Å². The average Bonchev–Trinajstić information content (AvgIpc) is 2.90. The molecule has 0 amide bonds. The van der Waals surface area contributed by atoms with E-state index in [1.54, 1.807) is 48.5 Å². The molecule has 0 spiro atoms. The largest absolute Gasteiger partial charge is 0.573 e. The summed E-state index contributed by atoms with van der Waals surface area (Å²) in [5.74, 6) is -1.09. The maximum absolute atomic E-state index is 14.1. The lowest BCUT2D eigenvalue weighted by atomic mass is 10.0. The predicted octanol–water partition coefficient (Wildman–Crippen LogP) is 7.75. The molecular formula is C29H20F4N2O3.